The van der Waals surface area contributed by atoms with E-state index in [1.807, 2.05) is 80.3 Å². The van der Waals surface area contributed by atoms with Crippen LogP contribution in [0.25, 0.3) is 10.8 Å². The van der Waals surface area contributed by atoms with Gasteiger partial charge < -0.3 is 20.6 Å². The van der Waals surface area contributed by atoms with E-state index < -0.39 is 22.9 Å². The van der Waals surface area contributed by atoms with Crippen LogP contribution in [0.3, 0.4) is 0 Å². The van der Waals surface area contributed by atoms with Crippen LogP contribution in [0.4, 0.5) is 22.9 Å². The van der Waals surface area contributed by atoms with Crippen LogP contribution >= 0.6 is 0 Å². The normalized spacial score (nSPS) is 18.3. The van der Waals surface area contributed by atoms with E-state index in [4.69, 9.17) is 0 Å². The molecule has 190 valence electrons. The minimum absolute atomic E-state index is 0.119. The Kier molecular flexibility index (Phi) is 6.41. The fourth-order valence-corrected chi connectivity index (χ4v) is 5.29. The van der Waals surface area contributed by atoms with Crippen molar-refractivity contribution in [3.8, 4) is 0 Å². The maximum atomic E-state index is 12.4. The second kappa shape index (κ2) is 9.69. The van der Waals surface area contributed by atoms with Gasteiger partial charge >= 0.3 is 5.97 Å². The summed E-state index contributed by atoms with van der Waals surface area (Å²) in [5, 5.41) is 18.2. The first-order valence-corrected chi connectivity index (χ1v) is 12.6. The average Bonchev–Trinajstić information content (AvgIpc) is 3.20. The van der Waals surface area contributed by atoms with E-state index in [2.05, 4.69) is 15.6 Å². The number of fused-ring (bicyclic) bond motifs is 1. The maximum Gasteiger partial charge on any atom is 0.326 e. The highest BCUT2D eigenvalue weighted by molar-refractivity contribution is 5.93. The van der Waals surface area contributed by atoms with Crippen molar-refractivity contribution >= 4 is 39.6 Å². The van der Waals surface area contributed by atoms with Crippen LogP contribution in [-0.4, -0.2) is 34.2 Å². The number of aryl methyl sites for hydroxylation is 1. The first kappa shape index (κ1) is 24.5. The lowest BCUT2D eigenvalue weighted by Crippen LogP contribution is -2.48. The van der Waals surface area contributed by atoms with Gasteiger partial charge in [-0.25, -0.2) is 9.78 Å². The molecule has 5 rings (SSSR count). The van der Waals surface area contributed by atoms with Crippen LogP contribution < -0.4 is 26.4 Å². The number of nitrogens with one attached hydrogen (secondary N) is 2. The molecule has 2 heterocycles. The SMILES string of the molecule is Cc1cc2ccccc2c(Nc2ccc(C[C@H](Nc3c(N4[C@H](C)CC[C@H]4C)c(=O)c3=O)C(=O)O)cc2)n1. The molecular weight excluding hydrogens is 468 g/mol. The molecule has 4 aromatic rings. The maximum absolute atomic E-state index is 12.4. The summed E-state index contributed by atoms with van der Waals surface area (Å²) in [6, 6.07) is 16.7. The second-order valence-electron chi connectivity index (χ2n) is 9.96. The molecule has 37 heavy (non-hydrogen) atoms. The zero-order valence-corrected chi connectivity index (χ0v) is 21.1. The Hall–Kier alpha value is -4.20. The number of benzene rings is 2. The number of anilines is 4. The Balaban J connectivity index is 1.33. The van der Waals surface area contributed by atoms with Crippen LogP contribution in [0.2, 0.25) is 0 Å². The van der Waals surface area contributed by atoms with Gasteiger partial charge in [-0.15, -0.1) is 0 Å². The topological polar surface area (TPSA) is 112 Å². The van der Waals surface area contributed by atoms with Gasteiger partial charge in [0, 0.05) is 35.3 Å². The number of aromatic nitrogens is 1. The zero-order valence-electron chi connectivity index (χ0n) is 21.1. The lowest BCUT2D eigenvalue weighted by Gasteiger charge is -2.32. The Morgan fingerprint density at radius 3 is 2.41 bits per heavy atom. The molecule has 0 saturated carbocycles. The summed E-state index contributed by atoms with van der Waals surface area (Å²) >= 11 is 0. The van der Waals surface area contributed by atoms with Gasteiger partial charge in [0.2, 0.25) is 0 Å². The van der Waals surface area contributed by atoms with Crippen LogP contribution in [0.1, 0.15) is 37.9 Å². The van der Waals surface area contributed by atoms with Crippen molar-refractivity contribution in [1.82, 2.24) is 4.98 Å². The van der Waals surface area contributed by atoms with Gasteiger partial charge in [0.25, 0.3) is 10.9 Å². The van der Waals surface area contributed by atoms with Crippen molar-refractivity contribution in [2.24, 2.45) is 0 Å². The molecule has 1 saturated heterocycles. The highest BCUT2D eigenvalue weighted by Gasteiger charge is 2.36. The summed E-state index contributed by atoms with van der Waals surface area (Å²) in [6.07, 6.45) is 2.01. The molecule has 1 aliphatic heterocycles. The van der Waals surface area contributed by atoms with E-state index in [1.165, 1.54) is 0 Å². The van der Waals surface area contributed by atoms with Crippen molar-refractivity contribution in [3.63, 3.8) is 0 Å². The molecule has 0 unspecified atom stereocenters. The van der Waals surface area contributed by atoms with E-state index >= 15 is 0 Å². The summed E-state index contributed by atoms with van der Waals surface area (Å²) in [5.74, 6) is -0.328. The molecule has 0 aliphatic carbocycles. The van der Waals surface area contributed by atoms with Crippen LogP contribution in [-0.2, 0) is 11.2 Å². The number of carboxylic acid groups (broad SMARTS) is 1. The fourth-order valence-electron chi connectivity index (χ4n) is 5.29. The fraction of sp³-hybridized carbons (Fsp3) is 0.310. The quantitative estimate of drug-likeness (QED) is 0.307. The molecule has 8 heteroatoms. The van der Waals surface area contributed by atoms with Crippen molar-refractivity contribution in [1.29, 1.82) is 0 Å². The van der Waals surface area contributed by atoms with Crippen LogP contribution in [0.15, 0.2) is 64.2 Å². The van der Waals surface area contributed by atoms with Crippen LogP contribution in [0.5, 0.6) is 0 Å². The molecule has 3 N–H and O–H groups in total. The predicted molar refractivity (Wildman–Crippen MR) is 147 cm³/mol. The number of carbonyl (C=O) groups is 1. The molecule has 3 atom stereocenters. The highest BCUT2D eigenvalue weighted by atomic mass is 16.4. The minimum Gasteiger partial charge on any atom is -0.480 e. The smallest absolute Gasteiger partial charge is 0.326 e. The third kappa shape index (κ3) is 4.67. The van der Waals surface area contributed by atoms with Crippen molar-refractivity contribution < 1.29 is 9.90 Å². The second-order valence-corrected chi connectivity index (χ2v) is 9.96. The molecule has 0 amide bonds. The molecule has 0 radical (unpaired) electrons. The predicted octanol–water partition coefficient (Wildman–Crippen LogP) is 4.37. The largest absolute Gasteiger partial charge is 0.480 e. The third-order valence-corrected chi connectivity index (χ3v) is 7.24. The molecule has 3 aromatic carbocycles. The monoisotopic (exact) mass is 498 g/mol. The van der Waals surface area contributed by atoms with Gasteiger partial charge in [0.15, 0.2) is 0 Å². The van der Waals surface area contributed by atoms with Gasteiger partial charge in [-0.1, -0.05) is 36.4 Å². The lowest BCUT2D eigenvalue weighted by atomic mass is 10.0. The van der Waals surface area contributed by atoms with Crippen molar-refractivity contribution in [3.05, 3.63) is 86.3 Å². The Bertz CT molecular complexity index is 1530. The van der Waals surface area contributed by atoms with Gasteiger partial charge in [-0.3, -0.25) is 9.59 Å². The average molecular weight is 499 g/mol. The van der Waals surface area contributed by atoms with E-state index in [0.29, 0.717) is 5.69 Å². The van der Waals surface area contributed by atoms with Gasteiger partial charge in [-0.05, 0) is 62.8 Å². The highest BCUT2D eigenvalue weighted by Crippen LogP contribution is 2.33. The number of aliphatic carboxylic acids is 1. The number of hydrogen-bond acceptors (Lipinski definition) is 7. The molecule has 1 aliphatic rings. The zero-order chi connectivity index (χ0) is 26.3. The number of carboxylic acids is 1. The van der Waals surface area contributed by atoms with E-state index in [9.17, 15) is 19.5 Å². The summed E-state index contributed by atoms with van der Waals surface area (Å²) in [5.41, 5.74) is 1.78. The summed E-state index contributed by atoms with van der Waals surface area (Å²) < 4.78 is 0. The van der Waals surface area contributed by atoms with Crippen molar-refractivity contribution in [2.45, 2.75) is 58.2 Å². The van der Waals surface area contributed by atoms with Crippen molar-refractivity contribution in [2.75, 3.05) is 15.5 Å². The number of pyridine rings is 1. The molecule has 0 bridgehead atoms. The first-order chi connectivity index (χ1) is 17.7. The summed E-state index contributed by atoms with van der Waals surface area (Å²) in [7, 11) is 0. The first-order valence-electron chi connectivity index (χ1n) is 12.6. The minimum atomic E-state index is -1.08. The number of nitrogens with zero attached hydrogens (tertiary/aromatic N) is 2. The molecular formula is C29H30N4O4. The third-order valence-electron chi connectivity index (χ3n) is 7.24. The van der Waals surface area contributed by atoms with Gasteiger partial charge in [-0.2, -0.15) is 0 Å². The molecule has 0 spiro atoms. The Morgan fingerprint density at radius 2 is 1.73 bits per heavy atom. The standard InChI is InChI=1S/C29H30N4O4/c1-16-14-20-6-4-5-7-22(20)28(30-16)31-21-12-10-19(11-13-21)15-23(29(36)37)32-24-25(27(35)26(24)34)33-17(2)8-9-18(33)3/h4-7,10-14,17-18,23,32H,8-9,15H2,1-3H3,(H,30,31)(H,36,37)/t17-,18-,23+/m1/s1. The molecule has 1 aromatic heterocycles. The molecule has 8 nitrogen and oxygen atoms in total. The summed E-state index contributed by atoms with van der Waals surface area (Å²) in [4.78, 5) is 43.4. The van der Waals surface area contributed by atoms with Crippen LogP contribution in [0, 0.1) is 6.92 Å². The van der Waals surface area contributed by atoms with Gasteiger partial charge in [0.1, 0.15) is 23.2 Å². The Morgan fingerprint density at radius 1 is 1.05 bits per heavy atom. The lowest BCUT2D eigenvalue weighted by molar-refractivity contribution is -0.137. The Labute approximate surface area is 214 Å². The summed E-state index contributed by atoms with van der Waals surface area (Å²) in [6.45, 7) is 5.99. The molecule has 1 fully saturated rings. The van der Waals surface area contributed by atoms with E-state index in [1.54, 1.807) is 0 Å². The number of rotatable bonds is 8. The van der Waals surface area contributed by atoms with E-state index in [0.717, 1.165) is 46.4 Å². The van der Waals surface area contributed by atoms with E-state index in [-0.39, 0.29) is 24.2 Å². The van der Waals surface area contributed by atoms with Gasteiger partial charge in [0.05, 0.1) is 0 Å². The number of hydrogen-bond donors (Lipinski definition) is 3.